The molecule has 0 saturated carbocycles. The maximum absolute atomic E-state index is 12.3. The lowest BCUT2D eigenvalue weighted by molar-refractivity contribution is -0.142. The van der Waals surface area contributed by atoms with Gasteiger partial charge < -0.3 is 20.8 Å². The second-order valence-electron chi connectivity index (χ2n) is 6.18. The van der Waals surface area contributed by atoms with E-state index in [9.17, 15) is 19.5 Å². The zero-order valence-electron chi connectivity index (χ0n) is 15.1. The van der Waals surface area contributed by atoms with Gasteiger partial charge in [0, 0.05) is 24.6 Å². The Hall–Kier alpha value is -2.83. The maximum Gasteiger partial charge on any atom is 0.306 e. The standard InChI is InChI=1S/C19H26N2O5/c1-4-14(8-12(3)19(25)26)18(24)21-10-13-6-7-16(22)15(9-13)11-20-17(23)5-2/h5-7,9,12,14,22H,2,4,8,10-11H2,1,3H3,(H,20,23)(H,21,24)(H,25,26). The van der Waals surface area contributed by atoms with Crippen molar-refractivity contribution < 1.29 is 24.6 Å². The molecule has 0 aliphatic carbocycles. The van der Waals surface area contributed by atoms with Crippen LogP contribution in [0.2, 0.25) is 0 Å². The highest BCUT2D eigenvalue weighted by atomic mass is 16.4. The van der Waals surface area contributed by atoms with E-state index in [1.54, 1.807) is 19.1 Å². The van der Waals surface area contributed by atoms with Crippen LogP contribution in [0.5, 0.6) is 5.75 Å². The van der Waals surface area contributed by atoms with Crippen LogP contribution in [-0.4, -0.2) is 28.0 Å². The lowest BCUT2D eigenvalue weighted by Crippen LogP contribution is -2.32. The summed E-state index contributed by atoms with van der Waals surface area (Å²) in [6, 6.07) is 4.87. The Balaban J connectivity index is 2.67. The molecule has 1 aromatic carbocycles. The first kappa shape index (κ1) is 21.2. The van der Waals surface area contributed by atoms with Crippen molar-refractivity contribution >= 4 is 17.8 Å². The second kappa shape index (κ2) is 10.2. The SMILES string of the molecule is C=CC(=O)NCc1cc(CNC(=O)C(CC)CC(C)C(=O)O)ccc1O. The Labute approximate surface area is 153 Å². The molecule has 1 rings (SSSR count). The number of carbonyl (C=O) groups excluding carboxylic acids is 2. The van der Waals surface area contributed by atoms with E-state index in [0.717, 1.165) is 11.6 Å². The van der Waals surface area contributed by atoms with Crippen molar-refractivity contribution in [3.05, 3.63) is 42.0 Å². The van der Waals surface area contributed by atoms with E-state index >= 15 is 0 Å². The third-order valence-corrected chi connectivity index (χ3v) is 4.17. The molecule has 0 saturated heterocycles. The van der Waals surface area contributed by atoms with E-state index in [1.165, 1.54) is 6.07 Å². The quantitative estimate of drug-likeness (QED) is 0.475. The van der Waals surface area contributed by atoms with Gasteiger partial charge in [0.05, 0.1) is 5.92 Å². The molecule has 0 aromatic heterocycles. The monoisotopic (exact) mass is 362 g/mol. The first-order valence-electron chi connectivity index (χ1n) is 8.50. The van der Waals surface area contributed by atoms with Gasteiger partial charge in [-0.1, -0.05) is 26.5 Å². The molecule has 0 heterocycles. The largest absolute Gasteiger partial charge is 0.508 e. The van der Waals surface area contributed by atoms with Crippen LogP contribution in [0.1, 0.15) is 37.8 Å². The summed E-state index contributed by atoms with van der Waals surface area (Å²) in [5.41, 5.74) is 1.29. The maximum atomic E-state index is 12.3. The van der Waals surface area contributed by atoms with Crippen molar-refractivity contribution in [3.8, 4) is 5.75 Å². The lowest BCUT2D eigenvalue weighted by atomic mass is 9.93. The summed E-state index contributed by atoms with van der Waals surface area (Å²) < 4.78 is 0. The molecule has 0 spiro atoms. The zero-order valence-corrected chi connectivity index (χ0v) is 15.1. The molecule has 0 aliphatic heterocycles. The van der Waals surface area contributed by atoms with Crippen LogP contribution < -0.4 is 10.6 Å². The van der Waals surface area contributed by atoms with E-state index in [2.05, 4.69) is 17.2 Å². The summed E-state index contributed by atoms with van der Waals surface area (Å²) in [6.45, 7) is 7.19. The van der Waals surface area contributed by atoms with Crippen LogP contribution in [0, 0.1) is 11.8 Å². The van der Waals surface area contributed by atoms with Gasteiger partial charge in [0.25, 0.3) is 0 Å². The fraction of sp³-hybridized carbons (Fsp3) is 0.421. The molecule has 2 atom stereocenters. The van der Waals surface area contributed by atoms with Gasteiger partial charge in [-0.05, 0) is 36.6 Å². The zero-order chi connectivity index (χ0) is 19.7. The van der Waals surface area contributed by atoms with Crippen LogP contribution >= 0.6 is 0 Å². The molecule has 0 radical (unpaired) electrons. The number of hydrogen-bond donors (Lipinski definition) is 4. The topological polar surface area (TPSA) is 116 Å². The molecule has 1 aromatic rings. The van der Waals surface area contributed by atoms with Gasteiger partial charge in [-0.2, -0.15) is 0 Å². The lowest BCUT2D eigenvalue weighted by Gasteiger charge is -2.17. The Morgan fingerprint density at radius 2 is 1.92 bits per heavy atom. The normalized spacial score (nSPS) is 12.7. The average molecular weight is 362 g/mol. The van der Waals surface area contributed by atoms with Crippen LogP contribution in [0.25, 0.3) is 0 Å². The molecule has 7 heteroatoms. The van der Waals surface area contributed by atoms with E-state index in [0.29, 0.717) is 12.0 Å². The average Bonchev–Trinajstić information content (AvgIpc) is 2.63. The number of carboxylic acid groups (broad SMARTS) is 1. The van der Waals surface area contributed by atoms with Crippen molar-refractivity contribution in [2.24, 2.45) is 11.8 Å². The number of amides is 2. The fourth-order valence-corrected chi connectivity index (χ4v) is 2.47. The summed E-state index contributed by atoms with van der Waals surface area (Å²) in [5, 5.41) is 24.2. The Bertz CT molecular complexity index is 672. The van der Waals surface area contributed by atoms with Crippen molar-refractivity contribution in [1.29, 1.82) is 0 Å². The predicted molar refractivity (Wildman–Crippen MR) is 97.2 cm³/mol. The van der Waals surface area contributed by atoms with Crippen molar-refractivity contribution in [3.63, 3.8) is 0 Å². The number of aliphatic carboxylic acids is 1. The van der Waals surface area contributed by atoms with Crippen LogP contribution in [0.15, 0.2) is 30.9 Å². The van der Waals surface area contributed by atoms with Gasteiger partial charge >= 0.3 is 5.97 Å². The van der Waals surface area contributed by atoms with E-state index in [-0.39, 0.29) is 43.0 Å². The molecule has 142 valence electrons. The molecule has 7 nitrogen and oxygen atoms in total. The number of phenolic OH excluding ortho intramolecular Hbond substituents is 1. The van der Waals surface area contributed by atoms with Crippen LogP contribution in [0.4, 0.5) is 0 Å². The van der Waals surface area contributed by atoms with Gasteiger partial charge in [-0.25, -0.2) is 0 Å². The minimum atomic E-state index is -0.916. The van der Waals surface area contributed by atoms with Gasteiger partial charge in [-0.15, -0.1) is 0 Å². The van der Waals surface area contributed by atoms with Crippen molar-refractivity contribution in [1.82, 2.24) is 10.6 Å². The minimum Gasteiger partial charge on any atom is -0.508 e. The fourth-order valence-electron chi connectivity index (χ4n) is 2.47. The van der Waals surface area contributed by atoms with E-state index in [4.69, 9.17) is 5.11 Å². The van der Waals surface area contributed by atoms with Crippen LogP contribution in [0.3, 0.4) is 0 Å². The number of carboxylic acids is 1. The third kappa shape index (κ3) is 6.58. The number of nitrogens with one attached hydrogen (secondary N) is 2. The summed E-state index contributed by atoms with van der Waals surface area (Å²) in [7, 11) is 0. The smallest absolute Gasteiger partial charge is 0.306 e. The Kier molecular flexibility index (Phi) is 8.34. The van der Waals surface area contributed by atoms with E-state index < -0.39 is 11.9 Å². The van der Waals surface area contributed by atoms with Crippen molar-refractivity contribution in [2.45, 2.75) is 39.8 Å². The number of aromatic hydroxyl groups is 1. The molecule has 0 bridgehead atoms. The highest BCUT2D eigenvalue weighted by Gasteiger charge is 2.22. The third-order valence-electron chi connectivity index (χ3n) is 4.17. The summed E-state index contributed by atoms with van der Waals surface area (Å²) in [5.74, 6) is -2.37. The Morgan fingerprint density at radius 1 is 1.23 bits per heavy atom. The first-order valence-corrected chi connectivity index (χ1v) is 8.50. The molecule has 0 aliphatic rings. The summed E-state index contributed by atoms with van der Waals surface area (Å²) in [6.07, 6.45) is 1.98. The van der Waals surface area contributed by atoms with Crippen molar-refractivity contribution in [2.75, 3.05) is 0 Å². The molecule has 4 N–H and O–H groups in total. The number of carbonyl (C=O) groups is 3. The summed E-state index contributed by atoms with van der Waals surface area (Å²) >= 11 is 0. The van der Waals surface area contributed by atoms with Gasteiger partial charge in [0.1, 0.15) is 5.75 Å². The molecule has 0 fully saturated rings. The Morgan fingerprint density at radius 3 is 2.50 bits per heavy atom. The van der Waals surface area contributed by atoms with E-state index in [1.807, 2.05) is 6.92 Å². The first-order chi connectivity index (χ1) is 12.3. The summed E-state index contributed by atoms with van der Waals surface area (Å²) in [4.78, 5) is 34.5. The highest BCUT2D eigenvalue weighted by Crippen LogP contribution is 2.19. The number of benzene rings is 1. The molecular formula is C19H26N2O5. The minimum absolute atomic E-state index is 0.0474. The molecule has 2 unspecified atom stereocenters. The highest BCUT2D eigenvalue weighted by molar-refractivity contribution is 5.86. The van der Waals surface area contributed by atoms with Gasteiger partial charge in [0.15, 0.2) is 0 Å². The number of hydrogen-bond acceptors (Lipinski definition) is 4. The molecular weight excluding hydrogens is 336 g/mol. The van der Waals surface area contributed by atoms with Gasteiger partial charge in [0.2, 0.25) is 11.8 Å². The molecule has 26 heavy (non-hydrogen) atoms. The second-order valence-corrected chi connectivity index (χ2v) is 6.18. The number of rotatable bonds is 10. The predicted octanol–water partition coefficient (Wildman–Crippen LogP) is 1.95. The van der Waals surface area contributed by atoms with Crippen LogP contribution in [-0.2, 0) is 27.5 Å². The molecule has 2 amide bonds. The van der Waals surface area contributed by atoms with Gasteiger partial charge in [-0.3, -0.25) is 14.4 Å². The number of phenols is 1.